The molecule has 78 valence electrons. The molecule has 15 heavy (non-hydrogen) atoms. The van der Waals surface area contributed by atoms with E-state index >= 15 is 0 Å². The average Bonchev–Trinajstić information content (AvgIpc) is 2.60. The molecule has 0 aliphatic heterocycles. The molecule has 1 aromatic heterocycles. The Morgan fingerprint density at radius 3 is 2.80 bits per heavy atom. The van der Waals surface area contributed by atoms with Crippen LogP contribution in [0, 0.1) is 10.1 Å². The Kier molecular flexibility index (Phi) is 2.07. The first kappa shape index (κ1) is 9.50. The molecule has 0 atom stereocenters. The third kappa shape index (κ3) is 1.41. The summed E-state index contributed by atoms with van der Waals surface area (Å²) in [6.45, 7) is 0. The van der Waals surface area contributed by atoms with E-state index in [-0.39, 0.29) is 16.6 Å². The SMILES string of the molecule is O=[N+]([O-])c1cccc2n[nH]c(C(F)F)c12. The molecule has 1 aromatic carbocycles. The van der Waals surface area contributed by atoms with Gasteiger partial charge in [-0.3, -0.25) is 15.2 Å². The van der Waals surface area contributed by atoms with Crippen LogP contribution in [-0.2, 0) is 0 Å². The van der Waals surface area contributed by atoms with Crippen molar-refractivity contribution in [3.05, 3.63) is 34.0 Å². The standard InChI is InChI=1S/C8H5F2N3O2/c9-8(10)7-6-4(11-12-7)2-1-3-5(6)13(14)15/h1-3,8H,(H,11,12). The second kappa shape index (κ2) is 3.26. The lowest BCUT2D eigenvalue weighted by Gasteiger charge is -1.96. The van der Waals surface area contributed by atoms with Gasteiger partial charge in [0.15, 0.2) is 0 Å². The van der Waals surface area contributed by atoms with Crippen LogP contribution in [0.25, 0.3) is 10.9 Å². The van der Waals surface area contributed by atoms with E-state index in [0.29, 0.717) is 0 Å². The number of nitrogens with zero attached hydrogens (tertiary/aromatic N) is 2. The lowest BCUT2D eigenvalue weighted by Crippen LogP contribution is -1.91. The van der Waals surface area contributed by atoms with Crippen LogP contribution >= 0.6 is 0 Å². The third-order valence-electron chi connectivity index (χ3n) is 2.00. The molecule has 7 heteroatoms. The number of nitrogens with one attached hydrogen (secondary N) is 1. The fourth-order valence-corrected chi connectivity index (χ4v) is 1.38. The van der Waals surface area contributed by atoms with E-state index in [2.05, 4.69) is 10.2 Å². The van der Waals surface area contributed by atoms with Gasteiger partial charge in [0, 0.05) is 6.07 Å². The van der Waals surface area contributed by atoms with E-state index in [1.807, 2.05) is 0 Å². The van der Waals surface area contributed by atoms with Crippen molar-refractivity contribution in [3.8, 4) is 0 Å². The van der Waals surface area contributed by atoms with E-state index in [9.17, 15) is 18.9 Å². The van der Waals surface area contributed by atoms with Crippen LogP contribution < -0.4 is 0 Å². The molecular weight excluding hydrogens is 208 g/mol. The lowest BCUT2D eigenvalue weighted by molar-refractivity contribution is -0.383. The molecule has 2 aromatic rings. The Hall–Kier alpha value is -2.05. The maximum Gasteiger partial charge on any atom is 0.280 e. The number of fused-ring (bicyclic) bond motifs is 1. The molecule has 0 saturated carbocycles. The van der Waals surface area contributed by atoms with E-state index in [1.165, 1.54) is 18.2 Å². The summed E-state index contributed by atoms with van der Waals surface area (Å²) < 4.78 is 25.0. The van der Waals surface area contributed by atoms with Crippen molar-refractivity contribution in [3.63, 3.8) is 0 Å². The Bertz CT molecular complexity index is 524. The zero-order chi connectivity index (χ0) is 11.0. The number of rotatable bonds is 2. The fourth-order valence-electron chi connectivity index (χ4n) is 1.38. The van der Waals surface area contributed by atoms with Gasteiger partial charge in [-0.2, -0.15) is 5.10 Å². The van der Waals surface area contributed by atoms with Gasteiger partial charge in [0.1, 0.15) is 11.1 Å². The van der Waals surface area contributed by atoms with Crippen molar-refractivity contribution in [1.82, 2.24) is 10.2 Å². The zero-order valence-electron chi connectivity index (χ0n) is 7.28. The van der Waals surface area contributed by atoms with Crippen molar-refractivity contribution in [2.24, 2.45) is 0 Å². The molecule has 0 spiro atoms. The molecule has 0 aliphatic carbocycles. The van der Waals surface area contributed by atoms with Gasteiger partial charge in [-0.05, 0) is 6.07 Å². The number of nitro benzene ring substituents is 1. The van der Waals surface area contributed by atoms with E-state index in [4.69, 9.17) is 0 Å². The number of aromatic nitrogens is 2. The molecule has 0 amide bonds. The highest BCUT2D eigenvalue weighted by atomic mass is 19.3. The number of alkyl halides is 2. The van der Waals surface area contributed by atoms with Crippen molar-refractivity contribution < 1.29 is 13.7 Å². The van der Waals surface area contributed by atoms with Gasteiger partial charge < -0.3 is 0 Å². The van der Waals surface area contributed by atoms with Gasteiger partial charge in [-0.15, -0.1) is 0 Å². The molecule has 5 nitrogen and oxygen atoms in total. The van der Waals surface area contributed by atoms with Crippen molar-refractivity contribution >= 4 is 16.6 Å². The number of halogens is 2. The van der Waals surface area contributed by atoms with Crippen LogP contribution in [0.2, 0.25) is 0 Å². The smallest absolute Gasteiger partial charge is 0.275 e. The van der Waals surface area contributed by atoms with Crippen LogP contribution in [0.3, 0.4) is 0 Å². The number of H-pyrrole nitrogens is 1. The predicted octanol–water partition coefficient (Wildman–Crippen LogP) is 2.41. The first-order chi connectivity index (χ1) is 7.11. The molecular formula is C8H5F2N3O2. The highest BCUT2D eigenvalue weighted by Crippen LogP contribution is 2.32. The maximum atomic E-state index is 12.5. The number of benzene rings is 1. The largest absolute Gasteiger partial charge is 0.280 e. The number of non-ortho nitro benzene ring substituents is 1. The molecule has 0 fully saturated rings. The fraction of sp³-hybridized carbons (Fsp3) is 0.125. The topological polar surface area (TPSA) is 71.8 Å². The van der Waals surface area contributed by atoms with Gasteiger partial charge in [-0.1, -0.05) is 6.07 Å². The summed E-state index contributed by atoms with van der Waals surface area (Å²) in [7, 11) is 0. The molecule has 0 radical (unpaired) electrons. The first-order valence-electron chi connectivity index (χ1n) is 4.01. The molecule has 0 bridgehead atoms. The Balaban J connectivity index is 2.80. The second-order valence-corrected chi connectivity index (χ2v) is 2.87. The van der Waals surface area contributed by atoms with E-state index in [1.54, 1.807) is 0 Å². The highest BCUT2D eigenvalue weighted by Gasteiger charge is 2.22. The minimum atomic E-state index is -2.81. The monoisotopic (exact) mass is 213 g/mol. The Morgan fingerprint density at radius 2 is 2.20 bits per heavy atom. The molecule has 0 unspecified atom stereocenters. The molecule has 0 aliphatic rings. The maximum absolute atomic E-state index is 12.5. The van der Waals surface area contributed by atoms with E-state index < -0.39 is 17.0 Å². The molecule has 1 N–H and O–H groups in total. The summed E-state index contributed by atoms with van der Waals surface area (Å²) in [6, 6.07) is 4.00. The van der Waals surface area contributed by atoms with Crippen LogP contribution in [-0.4, -0.2) is 15.1 Å². The molecule has 0 saturated heterocycles. The van der Waals surface area contributed by atoms with Crippen molar-refractivity contribution in [1.29, 1.82) is 0 Å². The quantitative estimate of drug-likeness (QED) is 0.614. The lowest BCUT2D eigenvalue weighted by atomic mass is 10.2. The molecule has 2 rings (SSSR count). The van der Waals surface area contributed by atoms with Gasteiger partial charge in [0.05, 0.1) is 10.4 Å². The highest BCUT2D eigenvalue weighted by molar-refractivity contribution is 5.90. The average molecular weight is 213 g/mol. The summed E-state index contributed by atoms with van der Waals surface area (Å²) in [4.78, 5) is 9.90. The Morgan fingerprint density at radius 1 is 1.47 bits per heavy atom. The van der Waals surface area contributed by atoms with Gasteiger partial charge in [0.2, 0.25) is 0 Å². The van der Waals surface area contributed by atoms with Gasteiger partial charge >= 0.3 is 0 Å². The summed E-state index contributed by atoms with van der Waals surface area (Å²) in [5.41, 5.74) is -0.714. The number of nitro groups is 1. The summed E-state index contributed by atoms with van der Waals surface area (Å²) >= 11 is 0. The second-order valence-electron chi connectivity index (χ2n) is 2.87. The Labute approximate surface area is 81.9 Å². The molecule has 1 heterocycles. The number of hydrogen-bond acceptors (Lipinski definition) is 3. The normalized spacial score (nSPS) is 11.1. The predicted molar refractivity (Wildman–Crippen MR) is 47.7 cm³/mol. The summed E-state index contributed by atoms with van der Waals surface area (Å²) in [6.07, 6.45) is -2.81. The van der Waals surface area contributed by atoms with Crippen molar-refractivity contribution in [2.75, 3.05) is 0 Å². The first-order valence-corrected chi connectivity index (χ1v) is 4.01. The van der Waals surface area contributed by atoms with Gasteiger partial charge in [-0.25, -0.2) is 8.78 Å². The minimum absolute atomic E-state index is 0.127. The van der Waals surface area contributed by atoms with Crippen LogP contribution in [0.5, 0.6) is 0 Å². The minimum Gasteiger partial charge on any atom is -0.275 e. The zero-order valence-corrected chi connectivity index (χ0v) is 7.28. The number of aromatic amines is 1. The van der Waals surface area contributed by atoms with Gasteiger partial charge in [0.25, 0.3) is 12.1 Å². The summed E-state index contributed by atoms with van der Waals surface area (Å²) in [5.74, 6) is 0. The third-order valence-corrected chi connectivity index (χ3v) is 2.00. The van der Waals surface area contributed by atoms with Crippen LogP contribution in [0.1, 0.15) is 12.1 Å². The number of hydrogen-bond donors (Lipinski definition) is 1. The van der Waals surface area contributed by atoms with E-state index in [0.717, 1.165) is 0 Å². The van der Waals surface area contributed by atoms with Crippen LogP contribution in [0.4, 0.5) is 14.5 Å². The van der Waals surface area contributed by atoms with Crippen molar-refractivity contribution in [2.45, 2.75) is 6.43 Å². The van der Waals surface area contributed by atoms with Crippen LogP contribution in [0.15, 0.2) is 18.2 Å². The summed E-state index contributed by atoms with van der Waals surface area (Å²) in [5, 5.41) is 16.2.